The van der Waals surface area contributed by atoms with Crippen LogP contribution in [0.1, 0.15) is 35.8 Å². The summed E-state index contributed by atoms with van der Waals surface area (Å²) in [5.74, 6) is 0.535. The average molecular weight is 379 g/mol. The summed E-state index contributed by atoms with van der Waals surface area (Å²) in [7, 11) is 1.63. The van der Waals surface area contributed by atoms with Gasteiger partial charge in [-0.2, -0.15) is 5.10 Å². The molecule has 0 aliphatic rings. The number of benzene rings is 2. The molecule has 0 unspecified atom stereocenters. The summed E-state index contributed by atoms with van der Waals surface area (Å²) in [6.45, 7) is 3.04. The van der Waals surface area contributed by atoms with Crippen molar-refractivity contribution in [2.24, 2.45) is 0 Å². The van der Waals surface area contributed by atoms with E-state index in [1.807, 2.05) is 30.3 Å². The number of carbonyl (C=O) groups is 1. The van der Waals surface area contributed by atoms with Gasteiger partial charge in [-0.05, 0) is 36.6 Å². The predicted molar refractivity (Wildman–Crippen MR) is 110 cm³/mol. The van der Waals surface area contributed by atoms with Crippen molar-refractivity contribution in [3.8, 4) is 5.75 Å². The van der Waals surface area contributed by atoms with Crippen LogP contribution in [-0.4, -0.2) is 29.3 Å². The minimum absolute atomic E-state index is 0.154. The first-order valence-electron chi connectivity index (χ1n) is 9.55. The van der Waals surface area contributed by atoms with Gasteiger partial charge in [0.15, 0.2) is 5.69 Å². The second kappa shape index (κ2) is 9.17. The molecule has 1 amide bonds. The molecular weight excluding hydrogens is 354 g/mol. The fourth-order valence-corrected chi connectivity index (χ4v) is 3.06. The smallest absolute Gasteiger partial charge is 0.274 e. The first-order chi connectivity index (χ1) is 13.6. The maximum Gasteiger partial charge on any atom is 0.274 e. The lowest BCUT2D eigenvalue weighted by atomic mass is 10.1. The number of hydrogen-bond donors (Lipinski definition) is 1. The summed E-state index contributed by atoms with van der Waals surface area (Å²) in [6, 6.07) is 14.9. The molecule has 0 fully saturated rings. The molecule has 1 N–H and O–H groups in total. The number of rotatable bonds is 8. The second-order valence-corrected chi connectivity index (χ2v) is 6.63. The SMILES string of the molecule is CCCCn1nc(C(=O)NCCc2ccc(OC)cc2)c2ccccc2c1=O. The number of hydrogen-bond acceptors (Lipinski definition) is 4. The van der Waals surface area contributed by atoms with Crippen LogP contribution in [0.25, 0.3) is 10.8 Å². The van der Waals surface area contributed by atoms with Crippen LogP contribution in [0.3, 0.4) is 0 Å². The van der Waals surface area contributed by atoms with Gasteiger partial charge in [0.05, 0.1) is 12.5 Å². The van der Waals surface area contributed by atoms with Crippen molar-refractivity contribution < 1.29 is 9.53 Å². The van der Waals surface area contributed by atoms with E-state index < -0.39 is 0 Å². The number of unbranched alkanes of at least 4 members (excludes halogenated alkanes) is 1. The molecule has 3 rings (SSSR count). The van der Waals surface area contributed by atoms with Gasteiger partial charge in [-0.3, -0.25) is 9.59 Å². The third kappa shape index (κ3) is 4.39. The maximum absolute atomic E-state index is 12.8. The molecule has 1 heterocycles. The Kier molecular flexibility index (Phi) is 6.42. The fourth-order valence-electron chi connectivity index (χ4n) is 3.06. The van der Waals surface area contributed by atoms with Crippen molar-refractivity contribution in [3.05, 3.63) is 70.1 Å². The van der Waals surface area contributed by atoms with Gasteiger partial charge < -0.3 is 10.1 Å². The van der Waals surface area contributed by atoms with Crippen LogP contribution in [0.5, 0.6) is 5.75 Å². The Labute approximate surface area is 164 Å². The van der Waals surface area contributed by atoms with Crippen molar-refractivity contribution >= 4 is 16.7 Å². The Bertz CT molecular complexity index is 1010. The van der Waals surface area contributed by atoms with Gasteiger partial charge in [0.1, 0.15) is 5.75 Å². The lowest BCUT2D eigenvalue weighted by Crippen LogP contribution is -2.31. The van der Waals surface area contributed by atoms with Crippen LogP contribution >= 0.6 is 0 Å². The lowest BCUT2D eigenvalue weighted by Gasteiger charge is -2.11. The number of fused-ring (bicyclic) bond motifs is 1. The molecule has 0 radical (unpaired) electrons. The first kappa shape index (κ1) is 19.6. The van der Waals surface area contributed by atoms with E-state index in [1.54, 1.807) is 25.3 Å². The minimum atomic E-state index is -0.269. The van der Waals surface area contributed by atoms with Crippen molar-refractivity contribution in [1.29, 1.82) is 0 Å². The molecule has 0 bridgehead atoms. The highest BCUT2D eigenvalue weighted by Gasteiger charge is 2.16. The molecule has 0 aliphatic carbocycles. The lowest BCUT2D eigenvalue weighted by molar-refractivity contribution is 0.0948. The number of amides is 1. The average Bonchev–Trinajstić information content (AvgIpc) is 2.74. The summed E-state index contributed by atoms with van der Waals surface area (Å²) < 4.78 is 6.56. The van der Waals surface area contributed by atoms with E-state index in [2.05, 4.69) is 17.3 Å². The molecule has 0 spiro atoms. The van der Waals surface area contributed by atoms with E-state index in [9.17, 15) is 9.59 Å². The zero-order valence-corrected chi connectivity index (χ0v) is 16.3. The minimum Gasteiger partial charge on any atom is -0.497 e. The van der Waals surface area contributed by atoms with Crippen molar-refractivity contribution in [2.75, 3.05) is 13.7 Å². The van der Waals surface area contributed by atoms with E-state index in [1.165, 1.54) is 4.68 Å². The topological polar surface area (TPSA) is 73.2 Å². The summed E-state index contributed by atoms with van der Waals surface area (Å²) in [4.78, 5) is 25.4. The third-order valence-electron chi connectivity index (χ3n) is 4.66. The quantitative estimate of drug-likeness (QED) is 0.652. The molecule has 2 aromatic carbocycles. The summed E-state index contributed by atoms with van der Waals surface area (Å²) in [6.07, 6.45) is 2.48. The molecule has 6 heteroatoms. The van der Waals surface area contributed by atoms with Gasteiger partial charge in [-0.1, -0.05) is 43.7 Å². The highest BCUT2D eigenvalue weighted by molar-refractivity contribution is 6.04. The molecule has 28 heavy (non-hydrogen) atoms. The summed E-state index contributed by atoms with van der Waals surface area (Å²) >= 11 is 0. The zero-order valence-electron chi connectivity index (χ0n) is 16.3. The molecule has 0 aliphatic heterocycles. The number of nitrogens with one attached hydrogen (secondary N) is 1. The van der Waals surface area contributed by atoms with Gasteiger partial charge in [-0.25, -0.2) is 4.68 Å². The molecule has 0 atom stereocenters. The Morgan fingerprint density at radius 2 is 1.82 bits per heavy atom. The van der Waals surface area contributed by atoms with Crippen molar-refractivity contribution in [3.63, 3.8) is 0 Å². The Morgan fingerprint density at radius 3 is 2.50 bits per heavy atom. The molecule has 1 aromatic heterocycles. The molecule has 6 nitrogen and oxygen atoms in total. The predicted octanol–water partition coefficient (Wildman–Crippen LogP) is 3.18. The van der Waals surface area contributed by atoms with Gasteiger partial charge in [0, 0.05) is 18.5 Å². The molecule has 0 saturated heterocycles. The number of aromatic nitrogens is 2. The highest BCUT2D eigenvalue weighted by Crippen LogP contribution is 2.14. The van der Waals surface area contributed by atoms with Gasteiger partial charge >= 0.3 is 0 Å². The third-order valence-corrected chi connectivity index (χ3v) is 4.66. The monoisotopic (exact) mass is 379 g/mol. The number of methoxy groups -OCH3 is 1. The van der Waals surface area contributed by atoms with E-state index in [0.29, 0.717) is 36.0 Å². The van der Waals surface area contributed by atoms with E-state index in [-0.39, 0.29) is 11.5 Å². The molecule has 146 valence electrons. The van der Waals surface area contributed by atoms with Crippen LogP contribution in [0, 0.1) is 0 Å². The zero-order chi connectivity index (χ0) is 19.9. The number of aryl methyl sites for hydroxylation is 1. The Balaban J connectivity index is 1.78. The van der Waals surface area contributed by atoms with E-state index in [4.69, 9.17) is 4.74 Å². The van der Waals surface area contributed by atoms with E-state index in [0.717, 1.165) is 24.2 Å². The fraction of sp³-hybridized carbons (Fsp3) is 0.318. The largest absolute Gasteiger partial charge is 0.497 e. The normalized spacial score (nSPS) is 10.8. The van der Waals surface area contributed by atoms with E-state index >= 15 is 0 Å². The highest BCUT2D eigenvalue weighted by atomic mass is 16.5. The molecule has 0 saturated carbocycles. The van der Waals surface area contributed by atoms with Crippen LogP contribution in [-0.2, 0) is 13.0 Å². The second-order valence-electron chi connectivity index (χ2n) is 6.63. The van der Waals surface area contributed by atoms with Crippen LogP contribution < -0.4 is 15.6 Å². The number of ether oxygens (including phenoxy) is 1. The molecular formula is C22H25N3O3. The van der Waals surface area contributed by atoms with Gasteiger partial charge in [0.25, 0.3) is 11.5 Å². The van der Waals surface area contributed by atoms with Crippen LogP contribution in [0.2, 0.25) is 0 Å². The standard InChI is InChI=1S/C22H25N3O3/c1-3-4-15-25-22(27)19-8-6-5-7-18(19)20(24-25)21(26)23-14-13-16-9-11-17(28-2)12-10-16/h5-12H,3-4,13-15H2,1-2H3,(H,23,26). The summed E-state index contributed by atoms with van der Waals surface area (Å²) in [5.41, 5.74) is 1.24. The number of nitrogens with zero attached hydrogens (tertiary/aromatic N) is 2. The maximum atomic E-state index is 12.8. The summed E-state index contributed by atoms with van der Waals surface area (Å²) in [5, 5.41) is 8.39. The Morgan fingerprint density at radius 1 is 1.11 bits per heavy atom. The van der Waals surface area contributed by atoms with Crippen molar-refractivity contribution in [2.45, 2.75) is 32.7 Å². The Hall–Kier alpha value is -3.15. The van der Waals surface area contributed by atoms with Crippen LogP contribution in [0.4, 0.5) is 0 Å². The first-order valence-corrected chi connectivity index (χ1v) is 9.55. The van der Waals surface area contributed by atoms with Gasteiger partial charge in [-0.15, -0.1) is 0 Å². The van der Waals surface area contributed by atoms with Crippen molar-refractivity contribution in [1.82, 2.24) is 15.1 Å². The van der Waals surface area contributed by atoms with Crippen LogP contribution in [0.15, 0.2) is 53.3 Å². The number of carbonyl (C=O) groups excluding carboxylic acids is 1. The molecule has 3 aromatic rings. The van der Waals surface area contributed by atoms with Gasteiger partial charge in [0.2, 0.25) is 0 Å².